The van der Waals surface area contributed by atoms with Crippen LogP contribution in [0.3, 0.4) is 0 Å². The predicted molar refractivity (Wildman–Crippen MR) is 108 cm³/mol. The number of nitrogens with zero attached hydrogens (tertiary/aromatic N) is 2. The van der Waals surface area contributed by atoms with E-state index in [0.717, 1.165) is 18.2 Å². The molecule has 0 saturated heterocycles. The van der Waals surface area contributed by atoms with Crippen LogP contribution in [0.15, 0.2) is 41.4 Å². The molecule has 176 valence electrons. The van der Waals surface area contributed by atoms with Crippen LogP contribution >= 0.6 is 0 Å². The lowest BCUT2D eigenvalue weighted by atomic mass is 10.0. The fourth-order valence-corrected chi connectivity index (χ4v) is 3.15. The summed E-state index contributed by atoms with van der Waals surface area (Å²) in [6, 6.07) is 8.46. The summed E-state index contributed by atoms with van der Waals surface area (Å²) in [6.45, 7) is 2.50. The lowest BCUT2D eigenvalue weighted by Crippen LogP contribution is -2.12. The van der Waals surface area contributed by atoms with Crippen molar-refractivity contribution in [2.24, 2.45) is 10.9 Å². The zero-order chi connectivity index (χ0) is 24.2. The van der Waals surface area contributed by atoms with Gasteiger partial charge < -0.3 is 9.47 Å². The fraction of sp³-hybridized carbons (Fsp3) is 0.391. The first-order chi connectivity index (χ1) is 15.5. The van der Waals surface area contributed by atoms with Gasteiger partial charge >= 0.3 is 12.4 Å². The third kappa shape index (κ3) is 6.63. The summed E-state index contributed by atoms with van der Waals surface area (Å²) in [5.74, 6) is 0.158. The summed E-state index contributed by atoms with van der Waals surface area (Å²) in [7, 11) is 0. The minimum absolute atomic E-state index is 0.00446. The number of ether oxygens (including phenoxy) is 2. The highest BCUT2D eigenvalue weighted by Gasteiger charge is 2.36. The number of aliphatic imine (C=N–C) groups is 1. The number of hydrogen-bond acceptors (Lipinski definition) is 4. The van der Waals surface area contributed by atoms with Crippen LogP contribution in [0.5, 0.6) is 11.5 Å². The predicted octanol–water partition coefficient (Wildman–Crippen LogP) is 6.27. The first kappa shape index (κ1) is 24.4. The Labute approximate surface area is 186 Å². The van der Waals surface area contributed by atoms with Crippen molar-refractivity contribution < 1.29 is 35.8 Å². The van der Waals surface area contributed by atoms with Crippen LogP contribution in [0.2, 0.25) is 0 Å². The van der Waals surface area contributed by atoms with Gasteiger partial charge in [-0.2, -0.15) is 31.6 Å². The van der Waals surface area contributed by atoms with E-state index >= 15 is 0 Å². The molecule has 10 heteroatoms. The minimum Gasteiger partial charge on any atom is -0.494 e. The molecule has 4 nitrogen and oxygen atoms in total. The average molecular weight is 470 g/mol. The molecule has 0 amide bonds. The highest BCUT2D eigenvalue weighted by atomic mass is 19.4. The summed E-state index contributed by atoms with van der Waals surface area (Å²) < 4.78 is 89.7. The van der Waals surface area contributed by atoms with Crippen LogP contribution in [0.4, 0.5) is 26.3 Å². The Morgan fingerprint density at radius 1 is 0.909 bits per heavy atom. The Hall–Kier alpha value is -3.22. The van der Waals surface area contributed by atoms with Crippen molar-refractivity contribution in [1.29, 1.82) is 5.26 Å². The van der Waals surface area contributed by atoms with Crippen LogP contribution in [-0.4, -0.2) is 25.5 Å². The molecule has 0 aromatic heterocycles. The van der Waals surface area contributed by atoms with Crippen LogP contribution in [0.25, 0.3) is 0 Å². The molecule has 0 spiro atoms. The van der Waals surface area contributed by atoms with Crippen molar-refractivity contribution in [1.82, 2.24) is 0 Å². The number of benzene rings is 2. The van der Waals surface area contributed by atoms with Crippen molar-refractivity contribution in [3.63, 3.8) is 0 Å². The Kier molecular flexibility index (Phi) is 7.20. The number of halogens is 6. The molecule has 1 heterocycles. The molecule has 2 aromatic rings. The summed E-state index contributed by atoms with van der Waals surface area (Å²) in [6.07, 6.45) is -8.16. The maximum Gasteiger partial charge on any atom is 0.417 e. The second-order valence-corrected chi connectivity index (χ2v) is 7.66. The standard InChI is InChI=1S/C23H20F6N2O2/c1-14(6-8-32-16-3-2-15(12-30)19(10-16)22(24,25)26)7-9-33-17-4-5-18(21-13-31-21)20(11-17)23(27,28)29/h2-5,10-11,14H,6-9,13H2,1H3. The molecule has 0 fully saturated rings. The van der Waals surface area contributed by atoms with Gasteiger partial charge in [-0.15, -0.1) is 0 Å². The molecule has 0 saturated carbocycles. The Morgan fingerprint density at radius 3 is 1.91 bits per heavy atom. The summed E-state index contributed by atoms with van der Waals surface area (Å²) in [4.78, 5) is 3.83. The van der Waals surface area contributed by atoms with E-state index in [0.29, 0.717) is 25.1 Å². The molecule has 0 aliphatic carbocycles. The van der Waals surface area contributed by atoms with E-state index in [2.05, 4.69) is 4.99 Å². The zero-order valence-electron chi connectivity index (χ0n) is 17.6. The molecule has 3 rings (SSSR count). The summed E-state index contributed by atoms with van der Waals surface area (Å²) >= 11 is 0. The van der Waals surface area contributed by atoms with Gasteiger partial charge in [-0.1, -0.05) is 6.92 Å². The van der Waals surface area contributed by atoms with E-state index in [9.17, 15) is 26.3 Å². The van der Waals surface area contributed by atoms with E-state index < -0.39 is 29.0 Å². The third-order valence-corrected chi connectivity index (χ3v) is 5.10. The minimum atomic E-state index is -4.66. The molecule has 1 unspecified atom stereocenters. The van der Waals surface area contributed by atoms with Crippen LogP contribution < -0.4 is 9.47 Å². The Morgan fingerprint density at radius 2 is 1.42 bits per heavy atom. The topological polar surface area (TPSA) is 54.6 Å². The first-order valence-corrected chi connectivity index (χ1v) is 10.1. The van der Waals surface area contributed by atoms with E-state index in [4.69, 9.17) is 14.7 Å². The lowest BCUT2D eigenvalue weighted by Gasteiger charge is -2.16. The van der Waals surface area contributed by atoms with E-state index in [1.807, 2.05) is 6.92 Å². The lowest BCUT2D eigenvalue weighted by molar-refractivity contribution is -0.138. The highest BCUT2D eigenvalue weighted by Crippen LogP contribution is 2.36. The van der Waals surface area contributed by atoms with Gasteiger partial charge in [-0.25, -0.2) is 0 Å². The number of alkyl halides is 6. The van der Waals surface area contributed by atoms with Gasteiger partial charge in [0.15, 0.2) is 0 Å². The number of hydrogen-bond donors (Lipinski definition) is 0. The maximum atomic E-state index is 13.3. The molecule has 1 aliphatic heterocycles. The van der Waals surface area contributed by atoms with E-state index in [-0.39, 0.29) is 36.2 Å². The van der Waals surface area contributed by atoms with Gasteiger partial charge in [0.05, 0.1) is 48.2 Å². The SMILES string of the molecule is CC(CCOc1ccc(C#N)c(C(F)(F)F)c1)CCOc1ccc(C2=NC2)c(C(F)(F)F)c1. The Balaban J connectivity index is 1.48. The normalized spacial score (nSPS) is 14.3. The highest BCUT2D eigenvalue weighted by molar-refractivity contribution is 6.11. The maximum absolute atomic E-state index is 13.3. The largest absolute Gasteiger partial charge is 0.494 e. The van der Waals surface area contributed by atoms with Gasteiger partial charge in [-0.05, 0) is 55.2 Å². The molecule has 1 atom stereocenters. The van der Waals surface area contributed by atoms with Crippen LogP contribution in [0.1, 0.15) is 42.0 Å². The van der Waals surface area contributed by atoms with E-state index in [1.165, 1.54) is 24.3 Å². The monoisotopic (exact) mass is 470 g/mol. The van der Waals surface area contributed by atoms with Crippen molar-refractivity contribution in [3.8, 4) is 17.6 Å². The Bertz CT molecular complexity index is 1070. The van der Waals surface area contributed by atoms with Crippen molar-refractivity contribution in [3.05, 3.63) is 58.7 Å². The fourth-order valence-electron chi connectivity index (χ4n) is 3.15. The van der Waals surface area contributed by atoms with Gasteiger partial charge in [0.2, 0.25) is 0 Å². The summed E-state index contributed by atoms with van der Waals surface area (Å²) in [5.41, 5.74) is -1.82. The second kappa shape index (κ2) is 9.73. The van der Waals surface area contributed by atoms with Gasteiger partial charge in [0.1, 0.15) is 11.5 Å². The molecule has 0 N–H and O–H groups in total. The van der Waals surface area contributed by atoms with Gasteiger partial charge in [0.25, 0.3) is 0 Å². The molecular formula is C23H20F6N2O2. The van der Waals surface area contributed by atoms with Crippen molar-refractivity contribution in [2.45, 2.75) is 32.1 Å². The number of rotatable bonds is 9. The third-order valence-electron chi connectivity index (χ3n) is 5.10. The zero-order valence-corrected chi connectivity index (χ0v) is 17.6. The van der Waals surface area contributed by atoms with E-state index in [1.54, 1.807) is 0 Å². The quantitative estimate of drug-likeness (QED) is 0.406. The first-order valence-electron chi connectivity index (χ1n) is 10.1. The van der Waals surface area contributed by atoms with Crippen molar-refractivity contribution in [2.75, 3.05) is 19.8 Å². The molecule has 1 aliphatic rings. The molecule has 0 radical (unpaired) electrons. The van der Waals surface area contributed by atoms with Crippen LogP contribution in [0, 0.1) is 17.2 Å². The average Bonchev–Trinajstić information content (AvgIpc) is 3.58. The molecular weight excluding hydrogens is 450 g/mol. The van der Waals surface area contributed by atoms with Gasteiger partial charge in [0, 0.05) is 5.56 Å². The van der Waals surface area contributed by atoms with Crippen LogP contribution in [-0.2, 0) is 12.4 Å². The second-order valence-electron chi connectivity index (χ2n) is 7.66. The van der Waals surface area contributed by atoms with Gasteiger partial charge in [-0.3, -0.25) is 4.99 Å². The molecule has 0 bridgehead atoms. The number of nitriles is 1. The smallest absolute Gasteiger partial charge is 0.417 e. The molecule has 33 heavy (non-hydrogen) atoms. The summed E-state index contributed by atoms with van der Waals surface area (Å²) in [5, 5.41) is 8.82. The van der Waals surface area contributed by atoms with Crippen molar-refractivity contribution >= 4 is 5.71 Å². The molecule has 2 aromatic carbocycles.